The van der Waals surface area contributed by atoms with Crippen LogP contribution < -0.4 is 19.7 Å². The summed E-state index contributed by atoms with van der Waals surface area (Å²) in [6.45, 7) is 5.00. The van der Waals surface area contributed by atoms with Gasteiger partial charge in [-0.1, -0.05) is 0 Å². The summed E-state index contributed by atoms with van der Waals surface area (Å²) in [4.78, 5) is 17.5. The third-order valence-corrected chi connectivity index (χ3v) is 4.56. The van der Waals surface area contributed by atoms with Crippen LogP contribution in [0.1, 0.15) is 6.42 Å². The predicted octanol–water partition coefficient (Wildman–Crippen LogP) is 2.27. The highest BCUT2D eigenvalue weighted by atomic mass is 127. The van der Waals surface area contributed by atoms with Crippen LogP contribution in [-0.2, 0) is 0 Å². The Morgan fingerprint density at radius 3 is 2.34 bits per heavy atom. The van der Waals surface area contributed by atoms with Crippen molar-refractivity contribution >= 4 is 35.9 Å². The van der Waals surface area contributed by atoms with Gasteiger partial charge in [0.25, 0.3) is 0 Å². The zero-order chi connectivity index (χ0) is 19.6. The minimum absolute atomic E-state index is 0. The SMILES string of the molecule is CN=C(NCCCOc1ccc(OC)cc1)N1CCN(c2ncccn2)CC1.I. The monoisotopic (exact) mass is 512 g/mol. The molecule has 0 amide bonds. The van der Waals surface area contributed by atoms with E-state index in [4.69, 9.17) is 9.47 Å². The number of hydrogen-bond donors (Lipinski definition) is 1. The van der Waals surface area contributed by atoms with Gasteiger partial charge in [0.15, 0.2) is 5.96 Å². The van der Waals surface area contributed by atoms with Crippen molar-refractivity contribution in [2.45, 2.75) is 6.42 Å². The minimum atomic E-state index is 0. The molecule has 8 nitrogen and oxygen atoms in total. The summed E-state index contributed by atoms with van der Waals surface area (Å²) in [6, 6.07) is 9.47. The van der Waals surface area contributed by atoms with Crippen molar-refractivity contribution in [1.82, 2.24) is 20.2 Å². The normalized spacial score (nSPS) is 14.2. The van der Waals surface area contributed by atoms with Crippen molar-refractivity contribution in [3.05, 3.63) is 42.7 Å². The second kappa shape index (κ2) is 12.3. The van der Waals surface area contributed by atoms with Gasteiger partial charge < -0.3 is 24.6 Å². The Balaban J connectivity index is 0.00000300. The summed E-state index contributed by atoms with van der Waals surface area (Å²) in [5.41, 5.74) is 0. The highest BCUT2D eigenvalue weighted by Gasteiger charge is 2.20. The molecule has 0 radical (unpaired) electrons. The second-order valence-electron chi connectivity index (χ2n) is 6.37. The molecule has 1 aromatic carbocycles. The first kappa shape index (κ1) is 23.0. The molecule has 9 heteroatoms. The van der Waals surface area contributed by atoms with Crippen LogP contribution >= 0.6 is 24.0 Å². The van der Waals surface area contributed by atoms with E-state index in [1.165, 1.54) is 0 Å². The standard InChI is InChI=1S/C20H28N6O2.HI/c1-21-19(22-11-4-16-28-18-7-5-17(27-2)6-8-18)25-12-14-26(15-13-25)20-23-9-3-10-24-20;/h3,5-10H,4,11-16H2,1-2H3,(H,21,22);1H. The number of nitrogens with one attached hydrogen (secondary N) is 1. The van der Waals surface area contributed by atoms with E-state index in [2.05, 4.69) is 30.1 Å². The molecule has 1 N–H and O–H groups in total. The molecule has 1 aliphatic heterocycles. The Bertz CT molecular complexity index is 736. The molecule has 1 aromatic heterocycles. The Labute approximate surface area is 189 Å². The van der Waals surface area contributed by atoms with Gasteiger partial charge in [-0.3, -0.25) is 4.99 Å². The maximum absolute atomic E-state index is 5.76. The fraction of sp³-hybridized carbons (Fsp3) is 0.450. The number of piperazine rings is 1. The lowest BCUT2D eigenvalue weighted by molar-refractivity contribution is 0.308. The van der Waals surface area contributed by atoms with Crippen LogP contribution in [-0.4, -0.2) is 74.3 Å². The van der Waals surface area contributed by atoms with Crippen molar-refractivity contribution in [1.29, 1.82) is 0 Å². The van der Waals surface area contributed by atoms with E-state index in [-0.39, 0.29) is 24.0 Å². The fourth-order valence-electron chi connectivity index (χ4n) is 3.04. The van der Waals surface area contributed by atoms with Crippen LogP contribution in [0.4, 0.5) is 5.95 Å². The van der Waals surface area contributed by atoms with E-state index in [9.17, 15) is 0 Å². The molecule has 2 aromatic rings. The maximum atomic E-state index is 5.76. The van der Waals surface area contributed by atoms with Crippen molar-refractivity contribution in [2.24, 2.45) is 4.99 Å². The average Bonchev–Trinajstić information content (AvgIpc) is 2.77. The molecule has 1 saturated heterocycles. The number of halogens is 1. The van der Waals surface area contributed by atoms with Crippen molar-refractivity contribution < 1.29 is 9.47 Å². The maximum Gasteiger partial charge on any atom is 0.225 e. The van der Waals surface area contributed by atoms with Gasteiger partial charge in [0.1, 0.15) is 11.5 Å². The van der Waals surface area contributed by atoms with Crippen molar-refractivity contribution in [3.8, 4) is 11.5 Å². The van der Waals surface area contributed by atoms with Gasteiger partial charge in [-0.2, -0.15) is 0 Å². The molecule has 158 valence electrons. The molecule has 29 heavy (non-hydrogen) atoms. The molecule has 0 saturated carbocycles. The Kier molecular flexibility index (Phi) is 9.75. The van der Waals surface area contributed by atoms with Crippen LogP contribution in [0.5, 0.6) is 11.5 Å². The third-order valence-electron chi connectivity index (χ3n) is 4.56. The van der Waals surface area contributed by atoms with E-state index in [1.54, 1.807) is 19.5 Å². The molecule has 0 unspecified atom stereocenters. The first-order chi connectivity index (χ1) is 13.8. The van der Waals surface area contributed by atoms with Crippen LogP contribution in [0.15, 0.2) is 47.7 Å². The van der Waals surface area contributed by atoms with Gasteiger partial charge in [-0.05, 0) is 36.8 Å². The van der Waals surface area contributed by atoms with Crippen LogP contribution in [0.25, 0.3) is 0 Å². The smallest absolute Gasteiger partial charge is 0.225 e. The lowest BCUT2D eigenvalue weighted by Gasteiger charge is -2.36. The van der Waals surface area contributed by atoms with Gasteiger partial charge in [-0.15, -0.1) is 24.0 Å². The van der Waals surface area contributed by atoms with Gasteiger partial charge >= 0.3 is 0 Å². The lowest BCUT2D eigenvalue weighted by Crippen LogP contribution is -2.53. The van der Waals surface area contributed by atoms with E-state index in [0.29, 0.717) is 6.61 Å². The highest BCUT2D eigenvalue weighted by Crippen LogP contribution is 2.17. The molecule has 0 aliphatic carbocycles. The number of nitrogens with zero attached hydrogens (tertiary/aromatic N) is 5. The summed E-state index contributed by atoms with van der Waals surface area (Å²) in [7, 11) is 3.48. The summed E-state index contributed by atoms with van der Waals surface area (Å²) < 4.78 is 10.9. The van der Waals surface area contributed by atoms with Crippen LogP contribution in [0.3, 0.4) is 0 Å². The van der Waals surface area contributed by atoms with E-state index in [0.717, 1.165) is 62.6 Å². The van der Waals surface area contributed by atoms with E-state index < -0.39 is 0 Å². The number of methoxy groups -OCH3 is 1. The third kappa shape index (κ3) is 6.91. The van der Waals surface area contributed by atoms with Gasteiger partial charge in [0.2, 0.25) is 5.95 Å². The van der Waals surface area contributed by atoms with Gasteiger partial charge in [0.05, 0.1) is 13.7 Å². The predicted molar refractivity (Wildman–Crippen MR) is 126 cm³/mol. The molecular weight excluding hydrogens is 483 g/mol. The molecule has 0 bridgehead atoms. The summed E-state index contributed by atoms with van der Waals surface area (Å²) in [6.07, 6.45) is 4.45. The first-order valence-corrected chi connectivity index (χ1v) is 9.54. The Morgan fingerprint density at radius 1 is 1.07 bits per heavy atom. The van der Waals surface area contributed by atoms with Crippen molar-refractivity contribution in [3.63, 3.8) is 0 Å². The van der Waals surface area contributed by atoms with Crippen molar-refractivity contribution in [2.75, 3.05) is 58.4 Å². The summed E-state index contributed by atoms with van der Waals surface area (Å²) in [5, 5.41) is 3.42. The Hall–Kier alpha value is -2.30. The molecule has 2 heterocycles. The zero-order valence-electron chi connectivity index (χ0n) is 17.0. The number of guanidine groups is 1. The molecule has 0 atom stereocenters. The minimum Gasteiger partial charge on any atom is -0.497 e. The number of rotatable bonds is 7. The molecule has 1 aliphatic rings. The fourth-order valence-corrected chi connectivity index (χ4v) is 3.04. The molecule has 1 fully saturated rings. The largest absolute Gasteiger partial charge is 0.497 e. The zero-order valence-corrected chi connectivity index (χ0v) is 19.3. The quantitative estimate of drug-likeness (QED) is 0.264. The summed E-state index contributed by atoms with van der Waals surface area (Å²) >= 11 is 0. The Morgan fingerprint density at radius 2 is 1.72 bits per heavy atom. The first-order valence-electron chi connectivity index (χ1n) is 9.54. The van der Waals surface area contributed by atoms with Gasteiger partial charge in [-0.25, -0.2) is 9.97 Å². The number of ether oxygens (including phenoxy) is 2. The van der Waals surface area contributed by atoms with Gasteiger partial charge in [0, 0.05) is 52.2 Å². The second-order valence-corrected chi connectivity index (χ2v) is 6.37. The number of aliphatic imine (C=N–C) groups is 1. The summed E-state index contributed by atoms with van der Waals surface area (Å²) in [5.74, 6) is 3.40. The van der Waals surface area contributed by atoms with E-state index >= 15 is 0 Å². The van der Waals surface area contributed by atoms with Crippen LogP contribution in [0.2, 0.25) is 0 Å². The number of benzene rings is 1. The molecule has 3 rings (SSSR count). The number of anilines is 1. The topological polar surface area (TPSA) is 75.1 Å². The van der Waals surface area contributed by atoms with E-state index in [1.807, 2.05) is 37.4 Å². The van der Waals surface area contributed by atoms with Crippen LogP contribution in [0, 0.1) is 0 Å². The molecular formula is C20H29IN6O2. The number of aromatic nitrogens is 2. The lowest BCUT2D eigenvalue weighted by atomic mass is 10.3. The number of hydrogen-bond acceptors (Lipinski definition) is 6. The highest BCUT2D eigenvalue weighted by molar-refractivity contribution is 14.0. The molecule has 0 spiro atoms. The average molecular weight is 512 g/mol.